The average Bonchev–Trinajstić information content (AvgIpc) is 3.02. The minimum atomic E-state index is -0.284. The predicted octanol–water partition coefficient (Wildman–Crippen LogP) is 3.08. The molecule has 2 amide bonds. The van der Waals surface area contributed by atoms with E-state index in [0.717, 1.165) is 25.7 Å². The Balaban J connectivity index is 1.78. The van der Waals surface area contributed by atoms with Crippen molar-refractivity contribution < 1.29 is 14.1 Å². The molecule has 0 fully saturated rings. The van der Waals surface area contributed by atoms with Gasteiger partial charge in [0, 0.05) is 17.8 Å². The molecule has 7 nitrogen and oxygen atoms in total. The first-order chi connectivity index (χ1) is 12.1. The van der Waals surface area contributed by atoms with Gasteiger partial charge < -0.3 is 20.9 Å². The number of hydrogen-bond acceptors (Lipinski definition) is 5. The summed E-state index contributed by atoms with van der Waals surface area (Å²) >= 11 is 0. The van der Waals surface area contributed by atoms with Crippen LogP contribution in [0, 0.1) is 6.92 Å². The number of rotatable bonds is 9. The van der Waals surface area contributed by atoms with Crippen LogP contribution in [0.4, 0.5) is 11.4 Å². The van der Waals surface area contributed by atoms with E-state index in [2.05, 4.69) is 15.8 Å². The van der Waals surface area contributed by atoms with Crippen molar-refractivity contribution in [1.82, 2.24) is 5.16 Å². The van der Waals surface area contributed by atoms with Gasteiger partial charge in [-0.1, -0.05) is 18.0 Å². The lowest BCUT2D eigenvalue weighted by Crippen LogP contribution is -2.13. The number of benzene rings is 1. The summed E-state index contributed by atoms with van der Waals surface area (Å²) in [6, 6.07) is 6.97. The number of nitrogens with zero attached hydrogens (tertiary/aromatic N) is 1. The Morgan fingerprint density at radius 3 is 2.28 bits per heavy atom. The summed E-state index contributed by atoms with van der Waals surface area (Å²) in [5, 5.41) is 9.19. The molecule has 0 unspecified atom stereocenters. The number of nitrogens with one attached hydrogen (secondary N) is 2. The van der Waals surface area contributed by atoms with Crippen LogP contribution in [0.3, 0.4) is 0 Å². The molecular formula is C18H24N4O3. The van der Waals surface area contributed by atoms with E-state index in [4.69, 9.17) is 10.3 Å². The molecule has 25 heavy (non-hydrogen) atoms. The normalized spacial score (nSPS) is 10.5. The number of nitrogens with two attached hydrogens (primary N) is 1. The number of unbranched alkanes of at least 4 members (excludes halogenated alkanes) is 3. The Morgan fingerprint density at radius 2 is 1.68 bits per heavy atom. The Labute approximate surface area is 147 Å². The van der Waals surface area contributed by atoms with Crippen LogP contribution >= 0.6 is 0 Å². The van der Waals surface area contributed by atoms with Crippen molar-refractivity contribution in [2.45, 2.75) is 39.0 Å². The van der Waals surface area contributed by atoms with Crippen LogP contribution < -0.4 is 16.4 Å². The van der Waals surface area contributed by atoms with E-state index in [9.17, 15) is 9.59 Å². The van der Waals surface area contributed by atoms with Gasteiger partial charge in [-0.2, -0.15) is 0 Å². The lowest BCUT2D eigenvalue weighted by molar-refractivity contribution is -0.116. The van der Waals surface area contributed by atoms with Gasteiger partial charge in [0.05, 0.1) is 6.20 Å². The molecule has 0 atom stereocenters. The standard InChI is InChI=1S/C18H24N4O3/c1-13-16(12-20-25-13)18(24)22-15-9-7-14(8-10-15)21-17(23)6-4-2-3-5-11-19/h7-10,12H,2-6,11,19H2,1H3,(H,21,23)(H,22,24). The Bertz CT molecular complexity index is 695. The highest BCUT2D eigenvalue weighted by Gasteiger charge is 2.12. The van der Waals surface area contributed by atoms with Gasteiger partial charge in [-0.25, -0.2) is 0 Å². The molecule has 0 aliphatic heterocycles. The quantitative estimate of drug-likeness (QED) is 0.605. The molecule has 7 heteroatoms. The highest BCUT2D eigenvalue weighted by molar-refractivity contribution is 6.04. The van der Waals surface area contributed by atoms with E-state index in [-0.39, 0.29) is 11.8 Å². The Hall–Kier alpha value is -2.67. The van der Waals surface area contributed by atoms with Crippen molar-refractivity contribution in [2.75, 3.05) is 17.2 Å². The third-order valence-electron chi connectivity index (χ3n) is 3.78. The van der Waals surface area contributed by atoms with Gasteiger partial charge in [0.2, 0.25) is 5.91 Å². The molecule has 1 aromatic carbocycles. The van der Waals surface area contributed by atoms with E-state index in [1.54, 1.807) is 31.2 Å². The van der Waals surface area contributed by atoms with E-state index >= 15 is 0 Å². The van der Waals surface area contributed by atoms with Crippen LogP contribution in [0.25, 0.3) is 0 Å². The summed E-state index contributed by atoms with van der Waals surface area (Å²) in [6.07, 6.45) is 5.81. The molecule has 134 valence electrons. The summed E-state index contributed by atoms with van der Waals surface area (Å²) in [5.74, 6) is 0.172. The van der Waals surface area contributed by atoms with Crippen LogP contribution in [0.2, 0.25) is 0 Å². The molecule has 2 aromatic rings. The summed E-state index contributed by atoms with van der Waals surface area (Å²) in [5.41, 5.74) is 7.16. The summed E-state index contributed by atoms with van der Waals surface area (Å²) in [6.45, 7) is 2.38. The molecule has 0 radical (unpaired) electrons. The van der Waals surface area contributed by atoms with Gasteiger partial charge >= 0.3 is 0 Å². The third-order valence-corrected chi connectivity index (χ3v) is 3.78. The average molecular weight is 344 g/mol. The topological polar surface area (TPSA) is 110 Å². The molecule has 4 N–H and O–H groups in total. The van der Waals surface area contributed by atoms with Crippen molar-refractivity contribution in [3.05, 3.63) is 41.8 Å². The summed E-state index contributed by atoms with van der Waals surface area (Å²) in [7, 11) is 0. The largest absolute Gasteiger partial charge is 0.361 e. The van der Waals surface area contributed by atoms with Crippen molar-refractivity contribution >= 4 is 23.2 Å². The lowest BCUT2D eigenvalue weighted by Gasteiger charge is -2.07. The third kappa shape index (κ3) is 6.04. The second kappa shape index (κ2) is 9.58. The number of carbonyl (C=O) groups is 2. The Kier molecular flexibility index (Phi) is 7.16. The fraction of sp³-hybridized carbons (Fsp3) is 0.389. The maximum Gasteiger partial charge on any atom is 0.260 e. The molecule has 0 saturated heterocycles. The number of amides is 2. The second-order valence-electron chi connectivity index (χ2n) is 5.83. The smallest absolute Gasteiger partial charge is 0.260 e. The van der Waals surface area contributed by atoms with Crippen molar-refractivity contribution in [3.63, 3.8) is 0 Å². The van der Waals surface area contributed by atoms with Crippen LogP contribution in [0.15, 0.2) is 35.0 Å². The SMILES string of the molecule is Cc1oncc1C(=O)Nc1ccc(NC(=O)CCCCCCN)cc1. The first-order valence-corrected chi connectivity index (χ1v) is 8.42. The van der Waals surface area contributed by atoms with E-state index < -0.39 is 0 Å². The molecule has 0 saturated carbocycles. The first kappa shape index (κ1) is 18.7. The first-order valence-electron chi connectivity index (χ1n) is 8.42. The number of hydrogen-bond donors (Lipinski definition) is 3. The Morgan fingerprint density at radius 1 is 1.04 bits per heavy atom. The molecular weight excluding hydrogens is 320 g/mol. The van der Waals surface area contributed by atoms with Crippen molar-refractivity contribution in [3.8, 4) is 0 Å². The van der Waals surface area contributed by atoms with Crippen LogP contribution in [0.5, 0.6) is 0 Å². The van der Waals surface area contributed by atoms with Gasteiger partial charge in [-0.05, 0) is 50.6 Å². The number of aryl methyl sites for hydroxylation is 1. The summed E-state index contributed by atoms with van der Waals surface area (Å²) < 4.78 is 4.88. The van der Waals surface area contributed by atoms with E-state index in [0.29, 0.717) is 35.7 Å². The van der Waals surface area contributed by atoms with Gasteiger partial charge in [-0.15, -0.1) is 0 Å². The zero-order chi connectivity index (χ0) is 18.1. The highest BCUT2D eigenvalue weighted by Crippen LogP contribution is 2.16. The minimum Gasteiger partial charge on any atom is -0.361 e. The maximum atomic E-state index is 12.1. The number of carbonyl (C=O) groups excluding carboxylic acids is 2. The van der Waals surface area contributed by atoms with Crippen LogP contribution in [-0.4, -0.2) is 23.5 Å². The molecule has 2 rings (SSSR count). The van der Waals surface area contributed by atoms with Gasteiger partial charge in [-0.3, -0.25) is 9.59 Å². The molecule has 0 bridgehead atoms. The minimum absolute atomic E-state index is 0.00960. The van der Waals surface area contributed by atoms with Gasteiger partial charge in [0.15, 0.2) is 0 Å². The highest BCUT2D eigenvalue weighted by atomic mass is 16.5. The lowest BCUT2D eigenvalue weighted by atomic mass is 10.1. The van der Waals surface area contributed by atoms with E-state index in [1.807, 2.05) is 0 Å². The maximum absolute atomic E-state index is 12.1. The molecule has 1 aromatic heterocycles. The number of aromatic nitrogens is 1. The summed E-state index contributed by atoms with van der Waals surface area (Å²) in [4.78, 5) is 23.9. The van der Waals surface area contributed by atoms with Gasteiger partial charge in [0.25, 0.3) is 5.91 Å². The van der Waals surface area contributed by atoms with Gasteiger partial charge in [0.1, 0.15) is 11.3 Å². The molecule has 0 spiro atoms. The predicted molar refractivity (Wildman–Crippen MR) is 96.4 cm³/mol. The zero-order valence-electron chi connectivity index (χ0n) is 14.4. The fourth-order valence-corrected chi connectivity index (χ4v) is 2.36. The molecule has 0 aliphatic rings. The zero-order valence-corrected chi connectivity index (χ0v) is 14.4. The van der Waals surface area contributed by atoms with Crippen LogP contribution in [0.1, 0.15) is 48.2 Å². The number of anilines is 2. The van der Waals surface area contributed by atoms with Crippen molar-refractivity contribution in [2.24, 2.45) is 5.73 Å². The van der Waals surface area contributed by atoms with E-state index in [1.165, 1.54) is 6.20 Å². The van der Waals surface area contributed by atoms with Crippen LogP contribution in [-0.2, 0) is 4.79 Å². The monoisotopic (exact) mass is 344 g/mol. The molecule has 1 heterocycles. The second-order valence-corrected chi connectivity index (χ2v) is 5.83. The molecule has 0 aliphatic carbocycles. The van der Waals surface area contributed by atoms with Crippen molar-refractivity contribution in [1.29, 1.82) is 0 Å². The fourth-order valence-electron chi connectivity index (χ4n) is 2.36.